The van der Waals surface area contributed by atoms with Gasteiger partial charge in [-0.05, 0) is 6.07 Å². The SMILES string of the molecule is O=C(CCl)Nc1ccccc1/C(=N/O)c1ccccc1. The van der Waals surface area contributed by atoms with Crippen LogP contribution in [0.4, 0.5) is 5.69 Å². The van der Waals surface area contributed by atoms with Crippen molar-refractivity contribution in [2.45, 2.75) is 0 Å². The number of rotatable bonds is 4. The average molecular weight is 289 g/mol. The van der Waals surface area contributed by atoms with Gasteiger partial charge in [0.15, 0.2) is 0 Å². The van der Waals surface area contributed by atoms with Crippen LogP contribution >= 0.6 is 11.6 Å². The lowest BCUT2D eigenvalue weighted by Crippen LogP contribution is -2.16. The summed E-state index contributed by atoms with van der Waals surface area (Å²) in [5.41, 5.74) is 2.31. The van der Waals surface area contributed by atoms with E-state index < -0.39 is 0 Å². The Hall–Kier alpha value is -2.33. The molecule has 4 nitrogen and oxygen atoms in total. The van der Waals surface area contributed by atoms with Crippen LogP contribution in [-0.4, -0.2) is 22.7 Å². The van der Waals surface area contributed by atoms with E-state index in [0.29, 0.717) is 17.0 Å². The number of amides is 1. The van der Waals surface area contributed by atoms with E-state index in [0.717, 1.165) is 5.56 Å². The molecule has 0 saturated heterocycles. The van der Waals surface area contributed by atoms with Gasteiger partial charge in [0, 0.05) is 11.1 Å². The number of nitrogens with zero attached hydrogens (tertiary/aromatic N) is 1. The van der Waals surface area contributed by atoms with E-state index in [1.165, 1.54) is 0 Å². The van der Waals surface area contributed by atoms with Crippen molar-refractivity contribution in [2.24, 2.45) is 5.16 Å². The van der Waals surface area contributed by atoms with Gasteiger partial charge in [-0.1, -0.05) is 53.7 Å². The maximum Gasteiger partial charge on any atom is 0.239 e. The predicted molar refractivity (Wildman–Crippen MR) is 79.7 cm³/mol. The molecular formula is C15H13ClN2O2. The molecule has 0 aromatic heterocycles. The van der Waals surface area contributed by atoms with Crippen LogP contribution in [-0.2, 0) is 4.79 Å². The van der Waals surface area contributed by atoms with Crippen molar-refractivity contribution in [3.8, 4) is 0 Å². The largest absolute Gasteiger partial charge is 0.410 e. The number of hydrogen-bond donors (Lipinski definition) is 2. The zero-order valence-electron chi connectivity index (χ0n) is 10.6. The first-order valence-corrected chi connectivity index (χ1v) is 6.52. The summed E-state index contributed by atoms with van der Waals surface area (Å²) >= 11 is 5.49. The summed E-state index contributed by atoms with van der Waals surface area (Å²) in [4.78, 5) is 11.4. The Morgan fingerprint density at radius 2 is 1.75 bits per heavy atom. The summed E-state index contributed by atoms with van der Waals surface area (Å²) in [5, 5.41) is 15.3. The van der Waals surface area contributed by atoms with Gasteiger partial charge < -0.3 is 10.5 Å². The molecule has 0 saturated carbocycles. The van der Waals surface area contributed by atoms with Gasteiger partial charge in [0.1, 0.15) is 11.6 Å². The molecule has 20 heavy (non-hydrogen) atoms. The average Bonchev–Trinajstić information content (AvgIpc) is 2.50. The smallest absolute Gasteiger partial charge is 0.239 e. The summed E-state index contributed by atoms with van der Waals surface area (Å²) < 4.78 is 0. The predicted octanol–water partition coefficient (Wildman–Crippen LogP) is 3.09. The van der Waals surface area contributed by atoms with Crippen LogP contribution in [0.1, 0.15) is 11.1 Å². The third kappa shape index (κ3) is 3.16. The topological polar surface area (TPSA) is 61.7 Å². The maximum absolute atomic E-state index is 11.4. The van der Waals surface area contributed by atoms with Gasteiger partial charge in [0.2, 0.25) is 5.91 Å². The Morgan fingerprint density at radius 1 is 1.10 bits per heavy atom. The van der Waals surface area contributed by atoms with Crippen molar-refractivity contribution in [1.29, 1.82) is 0 Å². The third-order valence-corrected chi connectivity index (χ3v) is 2.97. The second-order valence-electron chi connectivity index (χ2n) is 4.04. The van der Waals surface area contributed by atoms with E-state index in [9.17, 15) is 10.0 Å². The molecular weight excluding hydrogens is 276 g/mol. The fraction of sp³-hybridized carbons (Fsp3) is 0.0667. The number of nitrogens with one attached hydrogen (secondary N) is 1. The van der Waals surface area contributed by atoms with Gasteiger partial charge in [-0.3, -0.25) is 4.79 Å². The molecule has 0 unspecified atom stereocenters. The van der Waals surface area contributed by atoms with Crippen molar-refractivity contribution < 1.29 is 10.0 Å². The van der Waals surface area contributed by atoms with E-state index in [-0.39, 0.29) is 11.8 Å². The molecule has 0 spiro atoms. The number of oxime groups is 1. The third-order valence-electron chi connectivity index (χ3n) is 2.72. The van der Waals surface area contributed by atoms with Crippen LogP contribution in [0.5, 0.6) is 0 Å². The summed E-state index contributed by atoms with van der Waals surface area (Å²) in [6.45, 7) is 0. The zero-order chi connectivity index (χ0) is 14.4. The van der Waals surface area contributed by atoms with Crippen molar-refractivity contribution in [2.75, 3.05) is 11.2 Å². The molecule has 2 N–H and O–H groups in total. The van der Waals surface area contributed by atoms with E-state index in [1.807, 2.05) is 30.3 Å². The minimum atomic E-state index is -0.315. The second-order valence-corrected chi connectivity index (χ2v) is 4.31. The van der Waals surface area contributed by atoms with Crippen LogP contribution in [0.15, 0.2) is 59.8 Å². The molecule has 0 bridgehead atoms. The Labute approximate surface area is 121 Å². The van der Waals surface area contributed by atoms with Crippen LogP contribution < -0.4 is 5.32 Å². The first kappa shape index (κ1) is 14.1. The van der Waals surface area contributed by atoms with Crippen molar-refractivity contribution in [3.05, 3.63) is 65.7 Å². The van der Waals surface area contributed by atoms with Crippen LogP contribution in [0.2, 0.25) is 0 Å². The van der Waals surface area contributed by atoms with Crippen LogP contribution in [0.3, 0.4) is 0 Å². The van der Waals surface area contributed by atoms with E-state index in [1.54, 1.807) is 24.3 Å². The molecule has 102 valence electrons. The van der Waals surface area contributed by atoms with Crippen molar-refractivity contribution in [3.63, 3.8) is 0 Å². The zero-order valence-corrected chi connectivity index (χ0v) is 11.3. The molecule has 0 radical (unpaired) electrons. The number of carbonyl (C=O) groups is 1. The van der Waals surface area contributed by atoms with Gasteiger partial charge in [0.25, 0.3) is 0 Å². The quantitative estimate of drug-likeness (QED) is 0.393. The highest BCUT2D eigenvalue weighted by molar-refractivity contribution is 6.29. The molecule has 0 aliphatic heterocycles. The summed E-state index contributed by atoms with van der Waals surface area (Å²) in [6.07, 6.45) is 0. The normalized spacial score (nSPS) is 11.2. The number of para-hydroxylation sites is 1. The summed E-state index contributed by atoms with van der Waals surface area (Å²) in [7, 11) is 0. The van der Waals surface area contributed by atoms with Gasteiger partial charge in [-0.2, -0.15) is 0 Å². The second kappa shape index (κ2) is 6.73. The Balaban J connectivity index is 2.43. The molecule has 5 heteroatoms. The lowest BCUT2D eigenvalue weighted by Gasteiger charge is -2.11. The fourth-order valence-corrected chi connectivity index (χ4v) is 1.91. The lowest BCUT2D eigenvalue weighted by molar-refractivity contribution is -0.113. The van der Waals surface area contributed by atoms with Gasteiger partial charge in [-0.25, -0.2) is 0 Å². The molecule has 0 aliphatic rings. The minimum Gasteiger partial charge on any atom is -0.410 e. The van der Waals surface area contributed by atoms with Crippen LogP contribution in [0, 0.1) is 0 Å². The first-order chi connectivity index (χ1) is 9.76. The molecule has 0 atom stereocenters. The minimum absolute atomic E-state index is 0.134. The number of anilines is 1. The van der Waals surface area contributed by atoms with E-state index in [4.69, 9.17) is 11.6 Å². The summed E-state index contributed by atoms with van der Waals surface area (Å²) in [6, 6.07) is 16.3. The Bertz CT molecular complexity index is 627. The van der Waals surface area contributed by atoms with Crippen molar-refractivity contribution >= 4 is 28.9 Å². The molecule has 1 amide bonds. The highest BCUT2D eigenvalue weighted by Gasteiger charge is 2.13. The molecule has 0 aliphatic carbocycles. The lowest BCUT2D eigenvalue weighted by atomic mass is 10.0. The maximum atomic E-state index is 11.4. The fourth-order valence-electron chi connectivity index (χ4n) is 1.85. The van der Waals surface area contributed by atoms with Gasteiger partial charge in [-0.15, -0.1) is 11.6 Å². The highest BCUT2D eigenvalue weighted by Crippen LogP contribution is 2.20. The molecule has 0 heterocycles. The molecule has 2 aromatic carbocycles. The Morgan fingerprint density at radius 3 is 2.40 bits per heavy atom. The molecule has 0 fully saturated rings. The number of alkyl halides is 1. The number of halogens is 1. The molecule has 2 aromatic rings. The van der Waals surface area contributed by atoms with Crippen LogP contribution in [0.25, 0.3) is 0 Å². The van der Waals surface area contributed by atoms with E-state index >= 15 is 0 Å². The highest BCUT2D eigenvalue weighted by atomic mass is 35.5. The van der Waals surface area contributed by atoms with Gasteiger partial charge >= 0.3 is 0 Å². The monoisotopic (exact) mass is 288 g/mol. The molecule has 2 rings (SSSR count). The van der Waals surface area contributed by atoms with Crippen molar-refractivity contribution in [1.82, 2.24) is 0 Å². The number of carbonyl (C=O) groups excluding carboxylic acids is 1. The first-order valence-electron chi connectivity index (χ1n) is 5.99. The van der Waals surface area contributed by atoms with E-state index in [2.05, 4.69) is 10.5 Å². The van der Waals surface area contributed by atoms with Gasteiger partial charge in [0.05, 0.1) is 5.69 Å². The number of hydrogen-bond acceptors (Lipinski definition) is 3. The summed E-state index contributed by atoms with van der Waals surface area (Å²) in [5.74, 6) is -0.449. The number of benzene rings is 2. The Kier molecular flexibility index (Phi) is 4.74. The standard InChI is InChI=1S/C15H13ClN2O2/c16-10-14(19)17-13-9-5-4-8-12(13)15(18-20)11-6-2-1-3-7-11/h1-9,20H,10H2,(H,17,19)/b18-15+.